The number of aliphatic hydroxyl groups excluding tert-OH is 1. The zero-order chi connectivity index (χ0) is 23.8. The van der Waals surface area contributed by atoms with E-state index in [9.17, 15) is 18.7 Å². The lowest BCUT2D eigenvalue weighted by atomic mass is 10.1. The van der Waals surface area contributed by atoms with Crippen molar-refractivity contribution in [1.29, 1.82) is 0 Å². The van der Waals surface area contributed by atoms with Crippen LogP contribution >= 0.6 is 0 Å². The predicted octanol–water partition coefficient (Wildman–Crippen LogP) is 2.52. The molecule has 0 aromatic heterocycles. The number of amides is 1. The number of carbonyl (C=O) groups excluding carboxylic acids is 1. The molecule has 3 atom stereocenters. The number of anilines is 3. The number of nitrogens with zero attached hydrogens (tertiary/aromatic N) is 2. The van der Waals surface area contributed by atoms with Gasteiger partial charge in [-0.05, 0) is 43.2 Å². The fourth-order valence-corrected chi connectivity index (χ4v) is 5.24. The van der Waals surface area contributed by atoms with Gasteiger partial charge in [0.05, 0.1) is 19.3 Å². The number of halogens is 2. The standard InChI is InChI=1S/C25H30F2N4O3/c1-15-2-3-22(27)21-11-23(29-24(15)21)25(33)28-17-8-16(26)9-19(10-17)30-5-4-18(12-30)31-6-7-34-20(13-31)14-32/h2-3,8-10,18,20,23,29,32H,4-7,11-14H2,1H3,(H,28,33)/t18-,20-,23?/m0/s1. The van der Waals surface area contributed by atoms with Crippen LogP contribution in [0.25, 0.3) is 0 Å². The summed E-state index contributed by atoms with van der Waals surface area (Å²) in [5.41, 5.74) is 3.15. The Balaban J connectivity index is 1.24. The van der Waals surface area contributed by atoms with E-state index in [-0.39, 0.29) is 30.9 Å². The molecule has 5 rings (SSSR count). The van der Waals surface area contributed by atoms with Crippen LogP contribution in [0.5, 0.6) is 0 Å². The number of nitrogens with one attached hydrogen (secondary N) is 2. The summed E-state index contributed by atoms with van der Waals surface area (Å²) < 4.78 is 34.2. The average molecular weight is 473 g/mol. The molecule has 3 N–H and O–H groups in total. The number of rotatable bonds is 5. The minimum Gasteiger partial charge on any atom is -0.394 e. The van der Waals surface area contributed by atoms with E-state index >= 15 is 0 Å². The summed E-state index contributed by atoms with van der Waals surface area (Å²) in [6.45, 7) is 5.50. The van der Waals surface area contributed by atoms with Gasteiger partial charge in [0.15, 0.2) is 0 Å². The smallest absolute Gasteiger partial charge is 0.247 e. The largest absolute Gasteiger partial charge is 0.394 e. The maximum atomic E-state index is 14.5. The number of aryl methyl sites for hydroxylation is 1. The molecule has 3 aliphatic rings. The van der Waals surface area contributed by atoms with Gasteiger partial charge in [-0.3, -0.25) is 9.69 Å². The summed E-state index contributed by atoms with van der Waals surface area (Å²) in [6, 6.07) is 7.36. The molecule has 0 bridgehead atoms. The summed E-state index contributed by atoms with van der Waals surface area (Å²) in [7, 11) is 0. The molecule has 2 aromatic rings. The Hall–Kier alpha value is -2.75. The van der Waals surface area contributed by atoms with Gasteiger partial charge in [0, 0.05) is 61.3 Å². The minimum absolute atomic E-state index is 0.00698. The highest BCUT2D eigenvalue weighted by molar-refractivity contribution is 5.98. The number of hydrogen-bond donors (Lipinski definition) is 3. The molecule has 1 amide bonds. The SMILES string of the molecule is Cc1ccc(F)c2c1NC(C(=O)Nc1cc(F)cc(N3CC[C@H](N4CCO[C@H](CO)C4)C3)c1)C2. The zero-order valence-corrected chi connectivity index (χ0v) is 19.2. The Morgan fingerprint density at radius 3 is 2.88 bits per heavy atom. The summed E-state index contributed by atoms with van der Waals surface area (Å²) in [4.78, 5) is 17.3. The van der Waals surface area contributed by atoms with E-state index in [1.54, 1.807) is 12.1 Å². The number of fused-ring (bicyclic) bond motifs is 1. The number of benzene rings is 2. The molecular weight excluding hydrogens is 442 g/mol. The fourth-order valence-electron chi connectivity index (χ4n) is 5.24. The molecule has 34 heavy (non-hydrogen) atoms. The third kappa shape index (κ3) is 4.60. The van der Waals surface area contributed by atoms with Crippen molar-refractivity contribution in [1.82, 2.24) is 4.90 Å². The monoisotopic (exact) mass is 472 g/mol. The quantitative estimate of drug-likeness (QED) is 0.621. The third-order valence-electron chi connectivity index (χ3n) is 7.08. The lowest BCUT2D eigenvalue weighted by Crippen LogP contribution is -2.49. The van der Waals surface area contributed by atoms with Crippen molar-refractivity contribution in [2.45, 2.75) is 38.0 Å². The van der Waals surface area contributed by atoms with Crippen molar-refractivity contribution in [3.8, 4) is 0 Å². The van der Waals surface area contributed by atoms with Crippen molar-refractivity contribution in [2.24, 2.45) is 0 Å². The highest BCUT2D eigenvalue weighted by atomic mass is 19.1. The number of ether oxygens (including phenoxy) is 1. The highest BCUT2D eigenvalue weighted by Crippen LogP contribution is 2.32. The predicted molar refractivity (Wildman–Crippen MR) is 126 cm³/mol. The van der Waals surface area contributed by atoms with Crippen molar-refractivity contribution in [3.05, 3.63) is 53.1 Å². The molecule has 1 unspecified atom stereocenters. The first-order valence-electron chi connectivity index (χ1n) is 11.8. The second-order valence-electron chi connectivity index (χ2n) is 9.37. The molecule has 3 heterocycles. The number of hydrogen-bond acceptors (Lipinski definition) is 6. The molecule has 0 aliphatic carbocycles. The summed E-state index contributed by atoms with van der Waals surface area (Å²) >= 11 is 0. The maximum absolute atomic E-state index is 14.5. The van der Waals surface area contributed by atoms with E-state index in [0.717, 1.165) is 31.6 Å². The Kier molecular flexibility index (Phi) is 6.42. The number of carbonyl (C=O) groups is 1. The summed E-state index contributed by atoms with van der Waals surface area (Å²) in [5.74, 6) is -1.08. The molecule has 7 nitrogen and oxygen atoms in total. The van der Waals surface area contributed by atoms with Crippen LogP contribution in [0.1, 0.15) is 17.5 Å². The van der Waals surface area contributed by atoms with E-state index in [0.29, 0.717) is 41.8 Å². The van der Waals surface area contributed by atoms with E-state index in [1.807, 2.05) is 6.92 Å². The molecule has 182 valence electrons. The van der Waals surface area contributed by atoms with Crippen LogP contribution in [0.15, 0.2) is 30.3 Å². The topological polar surface area (TPSA) is 77.1 Å². The van der Waals surface area contributed by atoms with Gasteiger partial charge in [0.2, 0.25) is 5.91 Å². The van der Waals surface area contributed by atoms with Crippen LogP contribution in [0, 0.1) is 18.6 Å². The Morgan fingerprint density at radius 1 is 1.24 bits per heavy atom. The lowest BCUT2D eigenvalue weighted by molar-refractivity contribution is -0.116. The first-order valence-corrected chi connectivity index (χ1v) is 11.8. The molecule has 2 saturated heterocycles. The van der Waals surface area contributed by atoms with Gasteiger partial charge in [-0.25, -0.2) is 8.78 Å². The third-order valence-corrected chi connectivity index (χ3v) is 7.08. The van der Waals surface area contributed by atoms with Gasteiger partial charge in [-0.2, -0.15) is 0 Å². The molecule has 2 aromatic carbocycles. The van der Waals surface area contributed by atoms with Crippen molar-refractivity contribution >= 4 is 23.0 Å². The first kappa shape index (κ1) is 23.0. The van der Waals surface area contributed by atoms with Gasteiger partial charge in [-0.15, -0.1) is 0 Å². The van der Waals surface area contributed by atoms with Crippen molar-refractivity contribution < 1.29 is 23.4 Å². The van der Waals surface area contributed by atoms with Crippen LogP contribution in [0.2, 0.25) is 0 Å². The molecule has 0 radical (unpaired) electrons. The van der Waals surface area contributed by atoms with Gasteiger partial charge in [0.25, 0.3) is 0 Å². The zero-order valence-electron chi connectivity index (χ0n) is 19.2. The van der Waals surface area contributed by atoms with Crippen LogP contribution in [-0.2, 0) is 16.0 Å². The number of morpholine rings is 1. The fraction of sp³-hybridized carbons (Fsp3) is 0.480. The maximum Gasteiger partial charge on any atom is 0.247 e. The van der Waals surface area contributed by atoms with E-state index in [2.05, 4.69) is 20.4 Å². The molecule has 3 aliphatic heterocycles. The van der Waals surface area contributed by atoms with Gasteiger partial charge >= 0.3 is 0 Å². The minimum atomic E-state index is -0.616. The summed E-state index contributed by atoms with van der Waals surface area (Å²) in [6.07, 6.45) is 1.02. The van der Waals surface area contributed by atoms with Gasteiger partial charge in [0.1, 0.15) is 17.7 Å². The normalized spacial score (nSPS) is 24.7. The van der Waals surface area contributed by atoms with Gasteiger partial charge in [-0.1, -0.05) is 6.07 Å². The average Bonchev–Trinajstić information content (AvgIpc) is 3.50. The first-order chi connectivity index (χ1) is 16.4. The Morgan fingerprint density at radius 2 is 2.09 bits per heavy atom. The highest BCUT2D eigenvalue weighted by Gasteiger charge is 2.33. The lowest BCUT2D eigenvalue weighted by Gasteiger charge is -2.36. The van der Waals surface area contributed by atoms with Crippen LogP contribution in [0.4, 0.5) is 25.8 Å². The second kappa shape index (κ2) is 9.48. The van der Waals surface area contributed by atoms with Gasteiger partial charge < -0.3 is 25.4 Å². The molecule has 2 fully saturated rings. The van der Waals surface area contributed by atoms with Crippen LogP contribution in [0.3, 0.4) is 0 Å². The van der Waals surface area contributed by atoms with Crippen molar-refractivity contribution in [3.63, 3.8) is 0 Å². The molecule has 0 saturated carbocycles. The molecule has 9 heteroatoms. The number of aliphatic hydroxyl groups is 1. The van der Waals surface area contributed by atoms with E-state index < -0.39 is 11.9 Å². The van der Waals surface area contributed by atoms with E-state index in [4.69, 9.17) is 4.74 Å². The van der Waals surface area contributed by atoms with E-state index in [1.165, 1.54) is 18.2 Å². The Bertz CT molecular complexity index is 1050. The Labute approximate surface area is 197 Å². The van der Waals surface area contributed by atoms with Crippen LogP contribution < -0.4 is 15.5 Å². The molecular formula is C25H30F2N4O3. The second-order valence-corrected chi connectivity index (χ2v) is 9.37. The van der Waals surface area contributed by atoms with Crippen LogP contribution in [-0.4, -0.2) is 73.5 Å². The summed E-state index contributed by atoms with van der Waals surface area (Å²) in [5, 5.41) is 15.3. The molecule has 0 spiro atoms. The van der Waals surface area contributed by atoms with Crippen molar-refractivity contribution in [2.75, 3.05) is 54.9 Å².